The molecule has 0 aliphatic rings. The SMILES string of the molecule is COCCOC(=O)[C@H](C)N=[P+]([O-])Oc1ccc(C(C)(C)C)cc1. The molecule has 0 radical (unpaired) electrons. The minimum atomic E-state index is -2.34. The summed E-state index contributed by atoms with van der Waals surface area (Å²) in [5.41, 5.74) is 1.18. The van der Waals surface area contributed by atoms with Gasteiger partial charge in [0.2, 0.25) is 0 Å². The maximum Gasteiger partial charge on any atom is 0.395 e. The van der Waals surface area contributed by atoms with Crippen molar-refractivity contribution in [1.82, 2.24) is 0 Å². The normalized spacial score (nSPS) is 13.6. The van der Waals surface area contributed by atoms with Crippen LogP contribution in [0, 0.1) is 0 Å². The van der Waals surface area contributed by atoms with Crippen LogP contribution in [0.25, 0.3) is 0 Å². The maximum absolute atomic E-state index is 11.9. The number of nitrogens with zero attached hydrogens (tertiary/aromatic N) is 1. The van der Waals surface area contributed by atoms with Crippen LogP contribution in [0.5, 0.6) is 5.75 Å². The van der Waals surface area contributed by atoms with Crippen LogP contribution in [0.1, 0.15) is 33.3 Å². The van der Waals surface area contributed by atoms with E-state index in [1.54, 1.807) is 12.1 Å². The second-order valence-corrected chi connectivity index (χ2v) is 6.94. The Bertz CT molecular complexity index is 536. The van der Waals surface area contributed by atoms with Crippen molar-refractivity contribution in [3.05, 3.63) is 29.8 Å². The lowest BCUT2D eigenvalue weighted by Gasteiger charge is -2.18. The van der Waals surface area contributed by atoms with E-state index in [0.29, 0.717) is 12.4 Å². The van der Waals surface area contributed by atoms with Gasteiger partial charge >= 0.3 is 14.1 Å². The Labute approximate surface area is 138 Å². The topological polar surface area (TPSA) is 80.2 Å². The molecule has 0 bridgehead atoms. The van der Waals surface area contributed by atoms with Crippen LogP contribution in [0.15, 0.2) is 29.0 Å². The Morgan fingerprint density at radius 2 is 1.87 bits per heavy atom. The summed E-state index contributed by atoms with van der Waals surface area (Å²) >= 11 is 0. The van der Waals surface area contributed by atoms with Gasteiger partial charge in [-0.25, -0.2) is 4.79 Å². The molecule has 23 heavy (non-hydrogen) atoms. The van der Waals surface area contributed by atoms with Crippen molar-refractivity contribution in [2.24, 2.45) is 4.74 Å². The molecule has 0 aliphatic heterocycles. The Morgan fingerprint density at radius 1 is 1.26 bits per heavy atom. The molecule has 0 saturated carbocycles. The first-order valence-electron chi connectivity index (χ1n) is 7.36. The number of hydrogen-bond donors (Lipinski definition) is 0. The van der Waals surface area contributed by atoms with Gasteiger partial charge in [-0.3, -0.25) is 4.52 Å². The summed E-state index contributed by atoms with van der Waals surface area (Å²) in [6.07, 6.45) is 0. The first-order valence-corrected chi connectivity index (χ1v) is 8.49. The van der Waals surface area contributed by atoms with Gasteiger partial charge in [0.1, 0.15) is 6.61 Å². The van der Waals surface area contributed by atoms with Gasteiger partial charge in [0.25, 0.3) is 0 Å². The molecule has 1 aromatic rings. The molecule has 2 atom stereocenters. The predicted octanol–water partition coefficient (Wildman–Crippen LogP) is 2.80. The number of esters is 1. The average molecular weight is 341 g/mol. The molecule has 7 heteroatoms. The number of methoxy groups -OCH3 is 1. The maximum atomic E-state index is 11.9. The van der Waals surface area contributed by atoms with Gasteiger partial charge in [-0.15, -0.1) is 0 Å². The summed E-state index contributed by atoms with van der Waals surface area (Å²) in [5, 5.41) is 0. The molecule has 0 fully saturated rings. The van der Waals surface area contributed by atoms with E-state index in [1.807, 2.05) is 12.1 Å². The molecule has 0 spiro atoms. The lowest BCUT2D eigenvalue weighted by Crippen LogP contribution is -2.20. The lowest BCUT2D eigenvalue weighted by molar-refractivity contribution is -0.169. The van der Waals surface area contributed by atoms with Crippen molar-refractivity contribution in [2.45, 2.75) is 39.2 Å². The Balaban J connectivity index is 2.60. The van der Waals surface area contributed by atoms with Crippen LogP contribution < -0.4 is 9.42 Å². The zero-order valence-electron chi connectivity index (χ0n) is 14.2. The molecule has 0 N–H and O–H groups in total. The minimum absolute atomic E-state index is 0.0333. The second kappa shape index (κ2) is 8.96. The molecule has 6 nitrogen and oxygen atoms in total. The van der Waals surface area contributed by atoms with E-state index in [4.69, 9.17) is 14.0 Å². The summed E-state index contributed by atoms with van der Waals surface area (Å²) in [6, 6.07) is 6.46. The van der Waals surface area contributed by atoms with Gasteiger partial charge in [0.05, 0.1) is 6.61 Å². The summed E-state index contributed by atoms with van der Waals surface area (Å²) in [6.45, 7) is 8.28. The largest absolute Gasteiger partial charge is 0.575 e. The highest BCUT2D eigenvalue weighted by Gasteiger charge is 2.19. The molecule has 0 amide bonds. The highest BCUT2D eigenvalue weighted by atomic mass is 31.1. The Kier molecular flexibility index (Phi) is 7.62. The number of carbonyl (C=O) groups excluding carboxylic acids is 1. The number of ether oxygens (including phenoxy) is 2. The van der Waals surface area contributed by atoms with Crippen LogP contribution in [0.2, 0.25) is 0 Å². The third kappa shape index (κ3) is 7.08. The molecular weight excluding hydrogens is 317 g/mol. The van der Waals surface area contributed by atoms with Crippen molar-refractivity contribution in [3.8, 4) is 5.75 Å². The van der Waals surface area contributed by atoms with Crippen LogP contribution >= 0.6 is 8.17 Å². The van der Waals surface area contributed by atoms with Crippen LogP contribution in [-0.4, -0.2) is 32.3 Å². The quantitative estimate of drug-likeness (QED) is 0.433. The summed E-state index contributed by atoms with van der Waals surface area (Å²) in [5.74, 6) is -0.111. The molecule has 0 saturated heterocycles. The van der Waals surface area contributed by atoms with Crippen molar-refractivity contribution in [2.75, 3.05) is 20.3 Å². The van der Waals surface area contributed by atoms with Gasteiger partial charge in [0, 0.05) is 7.11 Å². The van der Waals surface area contributed by atoms with E-state index in [1.165, 1.54) is 14.0 Å². The van der Waals surface area contributed by atoms with E-state index >= 15 is 0 Å². The molecule has 128 valence electrons. The third-order valence-electron chi connectivity index (χ3n) is 3.04. The zero-order chi connectivity index (χ0) is 17.5. The fourth-order valence-corrected chi connectivity index (χ4v) is 2.39. The fourth-order valence-electron chi connectivity index (χ4n) is 1.66. The van der Waals surface area contributed by atoms with Gasteiger partial charge in [-0.05, 0) is 30.0 Å². The summed E-state index contributed by atoms with van der Waals surface area (Å²) < 4.78 is 18.7. The molecule has 1 unspecified atom stereocenters. The molecule has 0 aliphatic carbocycles. The molecule has 1 rings (SSSR count). The smallest absolute Gasteiger partial charge is 0.395 e. The highest BCUT2D eigenvalue weighted by molar-refractivity contribution is 7.34. The number of benzene rings is 1. The van der Waals surface area contributed by atoms with Crippen molar-refractivity contribution in [1.29, 1.82) is 0 Å². The van der Waals surface area contributed by atoms with E-state index in [0.717, 1.165) is 5.56 Å². The standard InChI is InChI=1S/C16H24NO5P/c1-12(15(18)21-11-10-20-5)17-23(19)22-14-8-6-13(7-9-14)16(2,3)4/h6-9,12H,10-11H2,1-5H3/t12-/m0/s1. The Morgan fingerprint density at radius 3 is 2.39 bits per heavy atom. The predicted molar refractivity (Wildman–Crippen MR) is 87.4 cm³/mol. The second-order valence-electron chi connectivity index (χ2n) is 6.06. The Hall–Kier alpha value is -1.49. The summed E-state index contributed by atoms with van der Waals surface area (Å²) in [7, 11) is -0.831. The van der Waals surface area contributed by atoms with E-state index in [9.17, 15) is 9.69 Å². The zero-order valence-corrected chi connectivity index (χ0v) is 15.1. The van der Waals surface area contributed by atoms with Gasteiger partial charge in [-0.1, -0.05) is 37.6 Å². The fraction of sp³-hybridized carbons (Fsp3) is 0.562. The lowest BCUT2D eigenvalue weighted by atomic mass is 9.87. The van der Waals surface area contributed by atoms with E-state index in [-0.39, 0.29) is 12.0 Å². The monoisotopic (exact) mass is 341 g/mol. The van der Waals surface area contributed by atoms with Gasteiger partial charge in [-0.2, -0.15) is 0 Å². The minimum Gasteiger partial charge on any atom is -0.575 e. The van der Waals surface area contributed by atoms with Crippen molar-refractivity contribution in [3.63, 3.8) is 0 Å². The number of hydrogen-bond acceptors (Lipinski definition) is 6. The highest BCUT2D eigenvalue weighted by Crippen LogP contribution is 2.28. The molecule has 1 aromatic carbocycles. The first-order chi connectivity index (χ1) is 10.7. The number of rotatable bonds is 7. The van der Waals surface area contributed by atoms with Crippen LogP contribution in [0.3, 0.4) is 0 Å². The number of carbonyl (C=O) groups is 1. The molecular formula is C16H24NO5P. The van der Waals surface area contributed by atoms with E-state index in [2.05, 4.69) is 25.5 Å². The average Bonchev–Trinajstić information content (AvgIpc) is 2.46. The summed E-state index contributed by atoms with van der Waals surface area (Å²) in [4.78, 5) is 23.5. The molecule has 0 heterocycles. The van der Waals surface area contributed by atoms with Gasteiger partial charge < -0.3 is 14.4 Å². The van der Waals surface area contributed by atoms with Crippen molar-refractivity contribution < 1.29 is 23.7 Å². The van der Waals surface area contributed by atoms with Crippen LogP contribution in [-0.2, 0) is 19.7 Å². The van der Waals surface area contributed by atoms with Gasteiger partial charge in [0.15, 0.2) is 11.8 Å². The van der Waals surface area contributed by atoms with E-state index < -0.39 is 20.2 Å². The molecule has 0 aromatic heterocycles. The third-order valence-corrected chi connectivity index (χ3v) is 3.95. The van der Waals surface area contributed by atoms with Crippen molar-refractivity contribution >= 4 is 14.1 Å². The first kappa shape index (κ1) is 19.6. The van der Waals surface area contributed by atoms with Crippen LogP contribution in [0.4, 0.5) is 0 Å².